The van der Waals surface area contributed by atoms with Gasteiger partial charge in [0.05, 0.1) is 6.04 Å². The lowest BCUT2D eigenvalue weighted by Crippen LogP contribution is -2.30. The van der Waals surface area contributed by atoms with Crippen LogP contribution in [-0.2, 0) is 6.42 Å². The SMILES string of the molecule is Cc1ccc(C)c(C(Cc2cc(Br)ccc2F)NN)c1. The van der Waals surface area contributed by atoms with Crippen LogP contribution in [0.5, 0.6) is 0 Å². The molecule has 0 aliphatic rings. The molecule has 0 saturated carbocycles. The Kier molecular flexibility index (Phi) is 4.91. The molecule has 2 aromatic carbocycles. The summed E-state index contributed by atoms with van der Waals surface area (Å²) in [6, 6.07) is 11.1. The summed E-state index contributed by atoms with van der Waals surface area (Å²) < 4.78 is 14.7. The molecular formula is C16H18BrFN2. The molecule has 0 radical (unpaired) electrons. The Hall–Kier alpha value is -1.23. The molecule has 0 amide bonds. The minimum atomic E-state index is -0.209. The summed E-state index contributed by atoms with van der Waals surface area (Å²) in [5.74, 6) is 5.47. The molecule has 0 heterocycles. The molecule has 20 heavy (non-hydrogen) atoms. The number of hydrogen-bond donors (Lipinski definition) is 2. The second kappa shape index (κ2) is 6.48. The zero-order valence-corrected chi connectivity index (χ0v) is 13.2. The molecule has 2 aromatic rings. The van der Waals surface area contributed by atoms with Crippen molar-refractivity contribution in [1.29, 1.82) is 0 Å². The predicted octanol–water partition coefficient (Wildman–Crippen LogP) is 3.95. The van der Waals surface area contributed by atoms with Crippen molar-refractivity contribution in [3.05, 3.63) is 68.9 Å². The number of nitrogens with one attached hydrogen (secondary N) is 1. The fourth-order valence-corrected chi connectivity index (χ4v) is 2.72. The van der Waals surface area contributed by atoms with Crippen LogP contribution in [0.25, 0.3) is 0 Å². The Morgan fingerprint density at radius 3 is 2.65 bits per heavy atom. The van der Waals surface area contributed by atoms with Gasteiger partial charge in [0.15, 0.2) is 0 Å². The highest BCUT2D eigenvalue weighted by atomic mass is 79.9. The largest absolute Gasteiger partial charge is 0.271 e. The van der Waals surface area contributed by atoms with E-state index in [1.807, 2.05) is 13.8 Å². The monoisotopic (exact) mass is 336 g/mol. The van der Waals surface area contributed by atoms with E-state index in [1.54, 1.807) is 12.1 Å². The number of hydrazine groups is 1. The second-order valence-electron chi connectivity index (χ2n) is 5.02. The number of halogens is 2. The number of rotatable bonds is 4. The van der Waals surface area contributed by atoms with E-state index in [0.717, 1.165) is 15.6 Å². The van der Waals surface area contributed by atoms with Crippen LogP contribution in [0.2, 0.25) is 0 Å². The molecule has 2 rings (SSSR count). The van der Waals surface area contributed by atoms with Gasteiger partial charge in [-0.3, -0.25) is 11.3 Å². The van der Waals surface area contributed by atoms with Crippen LogP contribution in [0.4, 0.5) is 4.39 Å². The number of benzene rings is 2. The Morgan fingerprint density at radius 1 is 1.20 bits per heavy atom. The van der Waals surface area contributed by atoms with Crippen LogP contribution >= 0.6 is 15.9 Å². The van der Waals surface area contributed by atoms with Crippen molar-refractivity contribution in [3.8, 4) is 0 Å². The molecule has 0 spiro atoms. The quantitative estimate of drug-likeness (QED) is 0.655. The number of nitrogens with two attached hydrogens (primary N) is 1. The summed E-state index contributed by atoms with van der Waals surface area (Å²) in [5, 5.41) is 0. The molecule has 2 nitrogen and oxygen atoms in total. The Bertz CT molecular complexity index is 613. The molecule has 0 aromatic heterocycles. The zero-order valence-electron chi connectivity index (χ0n) is 11.6. The van der Waals surface area contributed by atoms with Crippen LogP contribution < -0.4 is 11.3 Å². The van der Waals surface area contributed by atoms with E-state index in [4.69, 9.17) is 5.84 Å². The van der Waals surface area contributed by atoms with Gasteiger partial charge in [-0.1, -0.05) is 39.7 Å². The topological polar surface area (TPSA) is 38.0 Å². The summed E-state index contributed by atoms with van der Waals surface area (Å²) in [4.78, 5) is 0. The molecule has 0 saturated heterocycles. The molecule has 0 fully saturated rings. The van der Waals surface area contributed by atoms with Crippen LogP contribution in [-0.4, -0.2) is 0 Å². The lowest BCUT2D eigenvalue weighted by molar-refractivity contribution is 0.527. The molecule has 1 atom stereocenters. The Morgan fingerprint density at radius 2 is 1.95 bits per heavy atom. The van der Waals surface area contributed by atoms with Crippen LogP contribution in [0.1, 0.15) is 28.3 Å². The standard InChI is InChI=1S/C16H18BrFN2/c1-10-3-4-11(2)14(7-10)16(20-19)9-12-8-13(17)5-6-15(12)18/h3-8,16,20H,9,19H2,1-2H3. The zero-order chi connectivity index (χ0) is 14.7. The molecule has 0 aliphatic heterocycles. The van der Waals surface area contributed by atoms with Gasteiger partial charge in [-0.2, -0.15) is 0 Å². The van der Waals surface area contributed by atoms with Gasteiger partial charge in [-0.05, 0) is 55.2 Å². The first-order valence-electron chi connectivity index (χ1n) is 6.48. The van der Waals surface area contributed by atoms with E-state index >= 15 is 0 Å². The first kappa shape index (κ1) is 15.2. The Balaban J connectivity index is 2.33. The highest BCUT2D eigenvalue weighted by molar-refractivity contribution is 9.10. The van der Waals surface area contributed by atoms with E-state index in [-0.39, 0.29) is 11.9 Å². The van der Waals surface area contributed by atoms with Crippen molar-refractivity contribution >= 4 is 15.9 Å². The number of aryl methyl sites for hydroxylation is 2. The molecule has 4 heteroatoms. The van der Waals surface area contributed by atoms with Gasteiger partial charge in [0, 0.05) is 4.47 Å². The molecular weight excluding hydrogens is 319 g/mol. The average molecular weight is 337 g/mol. The third-order valence-corrected chi connectivity index (χ3v) is 3.94. The lowest BCUT2D eigenvalue weighted by Gasteiger charge is -2.20. The van der Waals surface area contributed by atoms with Gasteiger partial charge in [0.1, 0.15) is 5.82 Å². The van der Waals surface area contributed by atoms with Crippen molar-refractivity contribution in [2.45, 2.75) is 26.3 Å². The van der Waals surface area contributed by atoms with Gasteiger partial charge < -0.3 is 0 Å². The normalized spacial score (nSPS) is 12.4. The highest BCUT2D eigenvalue weighted by Gasteiger charge is 2.15. The van der Waals surface area contributed by atoms with Gasteiger partial charge >= 0.3 is 0 Å². The summed E-state index contributed by atoms with van der Waals surface area (Å²) in [6.07, 6.45) is 0.506. The third kappa shape index (κ3) is 3.45. The predicted molar refractivity (Wildman–Crippen MR) is 83.8 cm³/mol. The third-order valence-electron chi connectivity index (χ3n) is 3.44. The first-order valence-corrected chi connectivity index (χ1v) is 7.27. The highest BCUT2D eigenvalue weighted by Crippen LogP contribution is 2.25. The van der Waals surface area contributed by atoms with Gasteiger partial charge in [0.2, 0.25) is 0 Å². The van der Waals surface area contributed by atoms with Gasteiger partial charge in [-0.25, -0.2) is 4.39 Å². The van der Waals surface area contributed by atoms with Gasteiger partial charge in [0.25, 0.3) is 0 Å². The molecule has 106 valence electrons. The maximum absolute atomic E-state index is 13.9. The number of hydrogen-bond acceptors (Lipinski definition) is 2. The maximum Gasteiger partial charge on any atom is 0.126 e. The van der Waals surface area contributed by atoms with Crippen molar-refractivity contribution in [2.75, 3.05) is 0 Å². The Labute approximate surface area is 127 Å². The molecule has 3 N–H and O–H groups in total. The van der Waals surface area contributed by atoms with Crippen LogP contribution in [0.15, 0.2) is 40.9 Å². The van der Waals surface area contributed by atoms with E-state index in [0.29, 0.717) is 12.0 Å². The van der Waals surface area contributed by atoms with Crippen LogP contribution in [0, 0.1) is 19.7 Å². The fraction of sp³-hybridized carbons (Fsp3) is 0.250. The minimum Gasteiger partial charge on any atom is -0.271 e. The van der Waals surface area contributed by atoms with E-state index in [1.165, 1.54) is 11.6 Å². The summed E-state index contributed by atoms with van der Waals surface area (Å²) >= 11 is 3.37. The van der Waals surface area contributed by atoms with Crippen molar-refractivity contribution < 1.29 is 4.39 Å². The lowest BCUT2D eigenvalue weighted by atomic mass is 9.94. The average Bonchev–Trinajstić information content (AvgIpc) is 2.42. The van der Waals surface area contributed by atoms with E-state index in [2.05, 4.69) is 39.6 Å². The summed E-state index contributed by atoms with van der Waals surface area (Å²) in [5.41, 5.74) is 6.86. The molecule has 0 aliphatic carbocycles. The van der Waals surface area contributed by atoms with Crippen molar-refractivity contribution in [2.24, 2.45) is 5.84 Å². The minimum absolute atomic E-state index is 0.112. The van der Waals surface area contributed by atoms with Gasteiger partial charge in [-0.15, -0.1) is 0 Å². The molecule has 0 bridgehead atoms. The van der Waals surface area contributed by atoms with E-state index in [9.17, 15) is 4.39 Å². The van der Waals surface area contributed by atoms with Crippen LogP contribution in [0.3, 0.4) is 0 Å². The fourth-order valence-electron chi connectivity index (χ4n) is 2.31. The second-order valence-corrected chi connectivity index (χ2v) is 5.93. The van der Waals surface area contributed by atoms with Crippen molar-refractivity contribution in [3.63, 3.8) is 0 Å². The smallest absolute Gasteiger partial charge is 0.126 e. The summed E-state index contributed by atoms with van der Waals surface area (Å²) in [6.45, 7) is 4.08. The van der Waals surface area contributed by atoms with E-state index < -0.39 is 0 Å². The first-order chi connectivity index (χ1) is 9.51. The van der Waals surface area contributed by atoms with Crippen molar-refractivity contribution in [1.82, 2.24) is 5.43 Å². The summed E-state index contributed by atoms with van der Waals surface area (Å²) in [7, 11) is 0. The molecule has 1 unspecified atom stereocenters. The maximum atomic E-state index is 13.9.